The van der Waals surface area contributed by atoms with E-state index < -0.39 is 17.8 Å². The standard InChI is InChI=1S/C21H18ClF3N2O2/c1-13(14-2-6-16(7-3-14)21(23,24)25)27-19(28)10-11-20-26-12-18(29-20)15-4-8-17(22)9-5-15/h2-9,12-13H,10-11H2,1H3,(H,27,28)/t13-/m0/s1. The van der Waals surface area contributed by atoms with Gasteiger partial charge in [0.2, 0.25) is 5.91 Å². The number of carbonyl (C=O) groups is 1. The molecule has 0 aliphatic carbocycles. The molecule has 2 aromatic carbocycles. The Morgan fingerprint density at radius 2 is 1.79 bits per heavy atom. The molecule has 1 amide bonds. The van der Waals surface area contributed by atoms with Gasteiger partial charge in [0.05, 0.1) is 17.8 Å². The zero-order chi connectivity index (χ0) is 21.0. The molecule has 0 unspecified atom stereocenters. The van der Waals surface area contributed by atoms with Crippen molar-refractivity contribution >= 4 is 17.5 Å². The van der Waals surface area contributed by atoms with Gasteiger partial charge in [-0.15, -0.1) is 0 Å². The number of rotatable bonds is 6. The number of halogens is 4. The summed E-state index contributed by atoms with van der Waals surface area (Å²) < 4.78 is 43.5. The van der Waals surface area contributed by atoms with Gasteiger partial charge in [0.1, 0.15) is 0 Å². The van der Waals surface area contributed by atoms with Crippen LogP contribution in [0.3, 0.4) is 0 Å². The molecule has 1 aromatic heterocycles. The molecule has 0 fully saturated rings. The van der Waals surface area contributed by atoms with Gasteiger partial charge in [-0.1, -0.05) is 23.7 Å². The van der Waals surface area contributed by atoms with E-state index >= 15 is 0 Å². The van der Waals surface area contributed by atoms with Crippen molar-refractivity contribution in [2.24, 2.45) is 0 Å². The maximum Gasteiger partial charge on any atom is 0.416 e. The van der Waals surface area contributed by atoms with Crippen LogP contribution in [0.4, 0.5) is 13.2 Å². The molecule has 0 spiro atoms. The van der Waals surface area contributed by atoms with Gasteiger partial charge in [-0.25, -0.2) is 4.98 Å². The Hall–Kier alpha value is -2.80. The second kappa shape index (κ2) is 8.69. The van der Waals surface area contributed by atoms with Gasteiger partial charge in [0, 0.05) is 23.4 Å². The first-order chi connectivity index (χ1) is 13.7. The number of aromatic nitrogens is 1. The van der Waals surface area contributed by atoms with Crippen molar-refractivity contribution in [1.29, 1.82) is 0 Å². The molecule has 0 radical (unpaired) electrons. The van der Waals surface area contributed by atoms with Crippen LogP contribution in [0.15, 0.2) is 59.1 Å². The highest BCUT2D eigenvalue weighted by Crippen LogP contribution is 2.30. The minimum Gasteiger partial charge on any atom is -0.441 e. The minimum absolute atomic E-state index is 0.144. The second-order valence-electron chi connectivity index (χ2n) is 6.53. The molecule has 1 N–H and O–H groups in total. The molecule has 0 bridgehead atoms. The molecule has 152 valence electrons. The predicted molar refractivity (Wildman–Crippen MR) is 103 cm³/mol. The van der Waals surface area contributed by atoms with Crippen molar-refractivity contribution in [3.63, 3.8) is 0 Å². The molecule has 1 heterocycles. The Labute approximate surface area is 170 Å². The Bertz CT molecular complexity index is 967. The zero-order valence-electron chi connectivity index (χ0n) is 15.5. The average Bonchev–Trinajstić information content (AvgIpc) is 3.15. The molecule has 0 saturated carbocycles. The molecule has 3 aromatic rings. The molecular formula is C21H18ClF3N2O2. The fourth-order valence-corrected chi connectivity index (χ4v) is 2.88. The summed E-state index contributed by atoms with van der Waals surface area (Å²) in [6.07, 6.45) is -2.35. The Morgan fingerprint density at radius 3 is 2.41 bits per heavy atom. The topological polar surface area (TPSA) is 55.1 Å². The van der Waals surface area contributed by atoms with E-state index in [1.54, 1.807) is 25.3 Å². The van der Waals surface area contributed by atoms with E-state index in [1.165, 1.54) is 12.1 Å². The first-order valence-corrected chi connectivity index (χ1v) is 9.27. The Balaban J connectivity index is 1.53. The van der Waals surface area contributed by atoms with E-state index in [9.17, 15) is 18.0 Å². The normalized spacial score (nSPS) is 12.6. The highest BCUT2D eigenvalue weighted by atomic mass is 35.5. The fourth-order valence-electron chi connectivity index (χ4n) is 2.75. The van der Waals surface area contributed by atoms with Crippen LogP contribution in [0.5, 0.6) is 0 Å². The van der Waals surface area contributed by atoms with E-state index in [4.69, 9.17) is 16.0 Å². The number of amides is 1. The molecule has 3 rings (SSSR count). The van der Waals surface area contributed by atoms with E-state index in [0.717, 1.165) is 17.7 Å². The van der Waals surface area contributed by atoms with Crippen LogP contribution in [0.1, 0.15) is 36.4 Å². The molecular weight excluding hydrogens is 405 g/mol. The summed E-state index contributed by atoms with van der Waals surface area (Å²) >= 11 is 5.86. The summed E-state index contributed by atoms with van der Waals surface area (Å²) in [5.74, 6) is 0.756. The number of aryl methyl sites for hydroxylation is 1. The van der Waals surface area contributed by atoms with E-state index in [2.05, 4.69) is 10.3 Å². The summed E-state index contributed by atoms with van der Waals surface area (Å²) in [4.78, 5) is 16.3. The number of carbonyl (C=O) groups excluding carboxylic acids is 1. The Kier molecular flexibility index (Phi) is 6.27. The molecule has 4 nitrogen and oxygen atoms in total. The third kappa shape index (κ3) is 5.60. The third-order valence-corrected chi connectivity index (χ3v) is 4.62. The van der Waals surface area contributed by atoms with Crippen molar-refractivity contribution < 1.29 is 22.4 Å². The molecule has 0 aliphatic rings. The maximum atomic E-state index is 12.6. The predicted octanol–water partition coefficient (Wildman–Crippen LogP) is 5.82. The number of benzene rings is 2. The SMILES string of the molecule is C[C@H](NC(=O)CCc1ncc(-c2ccc(Cl)cc2)o1)c1ccc(C(F)(F)F)cc1. The molecule has 8 heteroatoms. The van der Waals surface area contributed by atoms with Gasteiger partial charge in [0.15, 0.2) is 11.7 Å². The smallest absolute Gasteiger partial charge is 0.416 e. The largest absolute Gasteiger partial charge is 0.441 e. The highest BCUT2D eigenvalue weighted by Gasteiger charge is 2.30. The van der Waals surface area contributed by atoms with Crippen LogP contribution in [0, 0.1) is 0 Å². The van der Waals surface area contributed by atoms with E-state index in [-0.39, 0.29) is 12.3 Å². The number of nitrogens with one attached hydrogen (secondary N) is 1. The van der Waals surface area contributed by atoms with Gasteiger partial charge in [0.25, 0.3) is 0 Å². The molecule has 29 heavy (non-hydrogen) atoms. The van der Waals surface area contributed by atoms with Crippen LogP contribution in [-0.4, -0.2) is 10.9 Å². The number of alkyl halides is 3. The van der Waals surface area contributed by atoms with Crippen molar-refractivity contribution in [2.75, 3.05) is 0 Å². The summed E-state index contributed by atoms with van der Waals surface area (Å²) in [6.45, 7) is 1.71. The quantitative estimate of drug-likeness (QED) is 0.544. The number of oxazole rings is 1. The minimum atomic E-state index is -4.38. The maximum absolute atomic E-state index is 12.6. The van der Waals surface area contributed by atoms with Gasteiger partial charge >= 0.3 is 6.18 Å². The highest BCUT2D eigenvalue weighted by molar-refractivity contribution is 6.30. The number of nitrogens with zero attached hydrogens (tertiary/aromatic N) is 1. The average molecular weight is 423 g/mol. The number of hydrogen-bond acceptors (Lipinski definition) is 3. The van der Waals surface area contributed by atoms with Crippen LogP contribution in [0.2, 0.25) is 5.02 Å². The van der Waals surface area contributed by atoms with E-state index in [1.807, 2.05) is 12.1 Å². The monoisotopic (exact) mass is 422 g/mol. The van der Waals surface area contributed by atoms with Crippen molar-refractivity contribution in [1.82, 2.24) is 10.3 Å². The first kappa shape index (κ1) is 20.9. The number of hydrogen-bond donors (Lipinski definition) is 1. The van der Waals surface area contributed by atoms with Gasteiger partial charge in [-0.3, -0.25) is 4.79 Å². The lowest BCUT2D eigenvalue weighted by atomic mass is 10.1. The second-order valence-corrected chi connectivity index (χ2v) is 6.97. The first-order valence-electron chi connectivity index (χ1n) is 8.89. The lowest BCUT2D eigenvalue weighted by molar-refractivity contribution is -0.137. The third-order valence-electron chi connectivity index (χ3n) is 4.36. The van der Waals surface area contributed by atoms with Crippen molar-refractivity contribution in [3.8, 4) is 11.3 Å². The molecule has 1 atom stereocenters. The summed E-state index contributed by atoms with van der Waals surface area (Å²) in [5.41, 5.74) is 0.696. The zero-order valence-corrected chi connectivity index (χ0v) is 16.2. The van der Waals surface area contributed by atoms with Crippen LogP contribution >= 0.6 is 11.6 Å². The van der Waals surface area contributed by atoms with Crippen LogP contribution < -0.4 is 5.32 Å². The van der Waals surface area contributed by atoms with Gasteiger partial charge in [-0.05, 0) is 48.9 Å². The van der Waals surface area contributed by atoms with Gasteiger partial charge in [-0.2, -0.15) is 13.2 Å². The van der Waals surface area contributed by atoms with E-state index in [0.29, 0.717) is 28.7 Å². The van der Waals surface area contributed by atoms with Crippen LogP contribution in [-0.2, 0) is 17.4 Å². The van der Waals surface area contributed by atoms with Crippen molar-refractivity contribution in [3.05, 3.63) is 76.8 Å². The molecule has 0 aliphatic heterocycles. The molecule has 0 saturated heterocycles. The fraction of sp³-hybridized carbons (Fsp3) is 0.238. The summed E-state index contributed by atoms with van der Waals surface area (Å²) in [7, 11) is 0. The van der Waals surface area contributed by atoms with Crippen LogP contribution in [0.25, 0.3) is 11.3 Å². The summed E-state index contributed by atoms with van der Waals surface area (Å²) in [5, 5.41) is 3.38. The lowest BCUT2D eigenvalue weighted by Gasteiger charge is -2.15. The van der Waals surface area contributed by atoms with Gasteiger partial charge < -0.3 is 9.73 Å². The summed E-state index contributed by atoms with van der Waals surface area (Å²) in [6, 6.07) is 11.4. The lowest BCUT2D eigenvalue weighted by Crippen LogP contribution is -2.26. The Morgan fingerprint density at radius 1 is 1.14 bits per heavy atom. The van der Waals surface area contributed by atoms with Crippen molar-refractivity contribution in [2.45, 2.75) is 32.0 Å².